The third-order valence-electron chi connectivity index (χ3n) is 3.43. The van der Waals surface area contributed by atoms with E-state index in [0.717, 1.165) is 18.4 Å². The van der Waals surface area contributed by atoms with Crippen molar-refractivity contribution in [2.45, 2.75) is 38.4 Å². The van der Waals surface area contributed by atoms with Crippen LogP contribution in [-0.2, 0) is 19.1 Å². The summed E-state index contributed by atoms with van der Waals surface area (Å²) < 4.78 is 10.2. The van der Waals surface area contributed by atoms with Gasteiger partial charge in [0, 0.05) is 13.8 Å². The van der Waals surface area contributed by atoms with Crippen LogP contribution in [-0.4, -0.2) is 17.7 Å². The summed E-state index contributed by atoms with van der Waals surface area (Å²) >= 11 is 0. The Morgan fingerprint density at radius 3 is 2.30 bits per heavy atom. The molecule has 2 fully saturated rings. The Balaban J connectivity index is 1.96. The zero-order valence-electron chi connectivity index (χ0n) is 11.5. The van der Waals surface area contributed by atoms with Crippen LogP contribution < -0.4 is 0 Å². The number of carbonyl (C=O) groups is 2. The molecule has 4 heteroatoms. The molecule has 0 aromatic heterocycles. The molecule has 0 radical (unpaired) electrons. The summed E-state index contributed by atoms with van der Waals surface area (Å²) in [6.45, 7) is 3.08. The largest absolute Gasteiger partial charge is 0.419 e. The van der Waals surface area contributed by atoms with Crippen molar-refractivity contribution in [1.82, 2.24) is 0 Å². The third kappa shape index (κ3) is 2.46. The molecule has 104 valence electrons. The highest BCUT2D eigenvalue weighted by Crippen LogP contribution is 2.42. The molecular formula is C16H16O4. The van der Waals surface area contributed by atoms with Crippen LogP contribution in [0, 0.1) is 0 Å². The summed E-state index contributed by atoms with van der Waals surface area (Å²) in [5, 5.41) is 0. The zero-order chi connectivity index (χ0) is 14.3. The molecule has 1 aromatic rings. The van der Waals surface area contributed by atoms with Crippen LogP contribution in [0.1, 0.15) is 43.7 Å². The molecule has 1 aliphatic carbocycles. The van der Waals surface area contributed by atoms with Crippen molar-refractivity contribution in [3.8, 4) is 0 Å². The van der Waals surface area contributed by atoms with E-state index in [1.807, 2.05) is 24.3 Å². The maximum absolute atomic E-state index is 11.9. The Kier molecular flexibility index (Phi) is 2.89. The summed E-state index contributed by atoms with van der Waals surface area (Å²) in [6.07, 6.45) is 3.89. The van der Waals surface area contributed by atoms with Crippen molar-refractivity contribution >= 4 is 18.0 Å². The van der Waals surface area contributed by atoms with Crippen molar-refractivity contribution in [1.29, 1.82) is 0 Å². The fourth-order valence-electron chi connectivity index (χ4n) is 2.34. The van der Waals surface area contributed by atoms with Gasteiger partial charge in [0.1, 0.15) is 5.57 Å². The number of esters is 2. The normalized spacial score (nSPS) is 21.2. The van der Waals surface area contributed by atoms with Gasteiger partial charge < -0.3 is 9.47 Å². The molecule has 0 bridgehead atoms. The first-order valence-corrected chi connectivity index (χ1v) is 6.73. The van der Waals surface area contributed by atoms with Gasteiger partial charge in [-0.25, -0.2) is 9.59 Å². The average molecular weight is 272 g/mol. The van der Waals surface area contributed by atoms with Gasteiger partial charge in [-0.05, 0) is 36.0 Å². The third-order valence-corrected chi connectivity index (χ3v) is 3.43. The van der Waals surface area contributed by atoms with E-state index in [0.29, 0.717) is 5.92 Å². The predicted molar refractivity (Wildman–Crippen MR) is 72.7 cm³/mol. The number of carbonyl (C=O) groups excluding carboxylic acids is 2. The van der Waals surface area contributed by atoms with Crippen LogP contribution in [0.2, 0.25) is 0 Å². The Morgan fingerprint density at radius 2 is 1.70 bits per heavy atom. The first-order chi connectivity index (χ1) is 9.46. The second-order valence-electron chi connectivity index (χ2n) is 5.64. The number of hydrogen-bond acceptors (Lipinski definition) is 4. The first-order valence-electron chi connectivity index (χ1n) is 6.73. The quantitative estimate of drug-likeness (QED) is 0.472. The van der Waals surface area contributed by atoms with Gasteiger partial charge in [0.05, 0.1) is 0 Å². The summed E-state index contributed by atoms with van der Waals surface area (Å²) in [7, 11) is 0. The van der Waals surface area contributed by atoms with Gasteiger partial charge >= 0.3 is 11.9 Å². The van der Waals surface area contributed by atoms with E-state index < -0.39 is 17.7 Å². The summed E-state index contributed by atoms with van der Waals surface area (Å²) in [5.41, 5.74) is 2.02. The van der Waals surface area contributed by atoms with Gasteiger partial charge in [0.15, 0.2) is 0 Å². The molecule has 0 N–H and O–H groups in total. The van der Waals surface area contributed by atoms with E-state index in [1.54, 1.807) is 6.08 Å². The molecular weight excluding hydrogens is 256 g/mol. The van der Waals surface area contributed by atoms with Crippen LogP contribution in [0.4, 0.5) is 0 Å². The van der Waals surface area contributed by atoms with E-state index >= 15 is 0 Å². The molecule has 20 heavy (non-hydrogen) atoms. The van der Waals surface area contributed by atoms with Crippen molar-refractivity contribution in [2.75, 3.05) is 0 Å². The molecule has 1 aliphatic heterocycles. The van der Waals surface area contributed by atoms with E-state index in [-0.39, 0.29) is 5.57 Å². The SMILES string of the molecule is CC1(C)OC(=O)C(=Cc2ccccc2C2CC2)C(=O)O1. The van der Waals surface area contributed by atoms with Crippen molar-refractivity contribution in [2.24, 2.45) is 0 Å². The lowest BCUT2D eigenvalue weighted by atomic mass is 10.0. The topological polar surface area (TPSA) is 52.6 Å². The minimum absolute atomic E-state index is 0.0441. The van der Waals surface area contributed by atoms with E-state index in [4.69, 9.17) is 9.47 Å². The Bertz CT molecular complexity index is 587. The molecule has 4 nitrogen and oxygen atoms in total. The first kappa shape index (κ1) is 12.9. The molecule has 1 aromatic carbocycles. The second kappa shape index (κ2) is 4.47. The maximum atomic E-state index is 11.9. The summed E-state index contributed by atoms with van der Waals surface area (Å²) in [4.78, 5) is 23.9. The summed E-state index contributed by atoms with van der Waals surface area (Å²) in [6, 6.07) is 7.80. The van der Waals surface area contributed by atoms with Crippen LogP contribution in [0.3, 0.4) is 0 Å². The van der Waals surface area contributed by atoms with Crippen LogP contribution in [0.25, 0.3) is 6.08 Å². The highest BCUT2D eigenvalue weighted by atomic mass is 16.7. The maximum Gasteiger partial charge on any atom is 0.348 e. The number of ether oxygens (including phenoxy) is 2. The highest BCUT2D eigenvalue weighted by Gasteiger charge is 2.39. The monoisotopic (exact) mass is 272 g/mol. The smallest absolute Gasteiger partial charge is 0.348 e. The standard InChI is InChI=1S/C16H16O4/c1-16(2)19-14(17)13(15(18)20-16)9-11-5-3-4-6-12(11)10-7-8-10/h3-6,9-10H,7-8H2,1-2H3. The minimum atomic E-state index is -1.19. The van der Waals surface area contributed by atoms with Crippen molar-refractivity contribution in [3.05, 3.63) is 41.0 Å². The molecule has 0 atom stereocenters. The number of cyclic esters (lactones) is 2. The average Bonchev–Trinajstić information content (AvgIpc) is 3.17. The molecule has 1 saturated carbocycles. The fourth-order valence-corrected chi connectivity index (χ4v) is 2.34. The Hall–Kier alpha value is -2.10. The molecule has 1 heterocycles. The molecule has 1 saturated heterocycles. The van der Waals surface area contributed by atoms with Crippen molar-refractivity contribution in [3.63, 3.8) is 0 Å². The number of benzene rings is 1. The van der Waals surface area contributed by atoms with Gasteiger partial charge in [-0.2, -0.15) is 0 Å². The van der Waals surface area contributed by atoms with E-state index in [9.17, 15) is 9.59 Å². The van der Waals surface area contributed by atoms with Gasteiger partial charge in [0.25, 0.3) is 5.79 Å². The molecule has 0 amide bonds. The Morgan fingerprint density at radius 1 is 1.10 bits per heavy atom. The molecule has 0 spiro atoms. The molecule has 0 unspecified atom stereocenters. The predicted octanol–water partition coefficient (Wildman–Crippen LogP) is 2.78. The van der Waals surface area contributed by atoms with Gasteiger partial charge in [-0.15, -0.1) is 0 Å². The lowest BCUT2D eigenvalue weighted by Crippen LogP contribution is -2.41. The summed E-state index contributed by atoms with van der Waals surface area (Å²) in [5.74, 6) is -1.91. The molecule has 3 rings (SSSR count). The zero-order valence-corrected chi connectivity index (χ0v) is 11.5. The number of rotatable bonds is 2. The van der Waals surface area contributed by atoms with Crippen LogP contribution >= 0.6 is 0 Å². The Labute approximate surface area is 117 Å². The lowest BCUT2D eigenvalue weighted by Gasteiger charge is -2.29. The van der Waals surface area contributed by atoms with Gasteiger partial charge in [-0.1, -0.05) is 24.3 Å². The molecule has 2 aliphatic rings. The van der Waals surface area contributed by atoms with Crippen LogP contribution in [0.5, 0.6) is 0 Å². The van der Waals surface area contributed by atoms with Crippen LogP contribution in [0.15, 0.2) is 29.8 Å². The second-order valence-corrected chi connectivity index (χ2v) is 5.64. The van der Waals surface area contributed by atoms with Gasteiger partial charge in [0.2, 0.25) is 0 Å². The fraction of sp³-hybridized carbons (Fsp3) is 0.375. The van der Waals surface area contributed by atoms with E-state index in [2.05, 4.69) is 0 Å². The highest BCUT2D eigenvalue weighted by molar-refractivity contribution is 6.18. The van der Waals surface area contributed by atoms with Gasteiger partial charge in [-0.3, -0.25) is 0 Å². The number of hydrogen-bond donors (Lipinski definition) is 0. The van der Waals surface area contributed by atoms with E-state index in [1.165, 1.54) is 19.4 Å². The minimum Gasteiger partial charge on any atom is -0.419 e. The van der Waals surface area contributed by atoms with Crippen molar-refractivity contribution < 1.29 is 19.1 Å². The lowest BCUT2D eigenvalue weighted by molar-refractivity contribution is -0.222.